The molecule has 0 radical (unpaired) electrons. The van der Waals surface area contributed by atoms with Gasteiger partial charge in [0, 0.05) is 12.4 Å². The summed E-state index contributed by atoms with van der Waals surface area (Å²) in [5, 5.41) is 0. The smallest absolute Gasteiger partial charge is 0.124 e. The fraction of sp³-hybridized carbons (Fsp3) is 0.625. The molecule has 68 valence electrons. The lowest BCUT2D eigenvalue weighted by molar-refractivity contribution is 0.322. The van der Waals surface area contributed by atoms with Crippen molar-refractivity contribution in [3.63, 3.8) is 0 Å². The average Bonchev–Trinajstić information content (AvgIpc) is 2.36. The summed E-state index contributed by atoms with van der Waals surface area (Å²) in [5.74, 6) is 0.976. The van der Waals surface area contributed by atoms with E-state index in [1.54, 1.807) is 6.20 Å². The third kappa shape index (κ3) is 1.98. The molecule has 1 rings (SSSR count). The van der Waals surface area contributed by atoms with Crippen LogP contribution in [0.5, 0.6) is 0 Å². The summed E-state index contributed by atoms with van der Waals surface area (Å²) in [7, 11) is 4.06. The van der Waals surface area contributed by atoms with E-state index in [0.717, 1.165) is 5.82 Å². The van der Waals surface area contributed by atoms with E-state index in [1.807, 2.05) is 31.9 Å². The van der Waals surface area contributed by atoms with Gasteiger partial charge < -0.3 is 5.43 Å². The van der Waals surface area contributed by atoms with Crippen LogP contribution < -0.4 is 5.43 Å². The van der Waals surface area contributed by atoms with Crippen LogP contribution in [0.1, 0.15) is 12.7 Å². The second kappa shape index (κ2) is 3.58. The Morgan fingerprint density at radius 2 is 2.25 bits per heavy atom. The molecule has 0 amide bonds. The zero-order valence-electron chi connectivity index (χ0n) is 8.07. The lowest BCUT2D eigenvalue weighted by atomic mass is 10.5. The lowest BCUT2D eigenvalue weighted by Gasteiger charge is -2.23. The third-order valence-corrected chi connectivity index (χ3v) is 1.93. The van der Waals surface area contributed by atoms with Gasteiger partial charge in [0.05, 0.1) is 6.17 Å². The molecule has 1 N–H and O–H groups in total. The molecule has 1 aromatic heterocycles. The molecule has 0 fully saturated rings. The molecule has 1 heterocycles. The van der Waals surface area contributed by atoms with Gasteiger partial charge in [0.1, 0.15) is 5.82 Å². The van der Waals surface area contributed by atoms with Crippen molar-refractivity contribution in [1.82, 2.24) is 14.6 Å². The highest BCUT2D eigenvalue weighted by atomic mass is 15.5. The molecule has 0 saturated heterocycles. The number of nitrogens with one attached hydrogen (secondary N) is 1. The van der Waals surface area contributed by atoms with Crippen LogP contribution in [0.15, 0.2) is 12.4 Å². The number of hydrogen-bond acceptors (Lipinski definition) is 3. The third-order valence-electron chi connectivity index (χ3n) is 1.93. The van der Waals surface area contributed by atoms with Crippen LogP contribution >= 0.6 is 0 Å². The van der Waals surface area contributed by atoms with E-state index < -0.39 is 0 Å². The van der Waals surface area contributed by atoms with Crippen LogP contribution in [0, 0.1) is 6.92 Å². The summed E-state index contributed by atoms with van der Waals surface area (Å²) in [4.78, 5) is 6.21. The van der Waals surface area contributed by atoms with Gasteiger partial charge in [-0.15, -0.1) is 0 Å². The van der Waals surface area contributed by atoms with Gasteiger partial charge in [-0.1, -0.05) is 0 Å². The van der Waals surface area contributed by atoms with Gasteiger partial charge in [-0.2, -0.15) is 0 Å². The molecule has 1 aromatic rings. The van der Waals surface area contributed by atoms with Gasteiger partial charge in [0.15, 0.2) is 0 Å². The molecule has 0 aliphatic heterocycles. The predicted molar refractivity (Wildman–Crippen MR) is 49.5 cm³/mol. The monoisotopic (exact) mass is 168 g/mol. The molecule has 4 heteroatoms. The minimum atomic E-state index is 0.304. The summed E-state index contributed by atoms with van der Waals surface area (Å²) in [6.45, 7) is 4.06. The first-order chi connectivity index (χ1) is 5.61. The zero-order valence-corrected chi connectivity index (χ0v) is 8.07. The first kappa shape index (κ1) is 9.06. The number of hydrogen-bond donors (Lipinski definition) is 1. The van der Waals surface area contributed by atoms with Crippen LogP contribution in [0.4, 0.5) is 0 Å². The summed E-state index contributed by atoms with van der Waals surface area (Å²) in [6.07, 6.45) is 4.00. The molecule has 4 nitrogen and oxygen atoms in total. The van der Waals surface area contributed by atoms with Gasteiger partial charge in [-0.05, 0) is 27.9 Å². The zero-order chi connectivity index (χ0) is 9.14. The molecule has 0 saturated carbocycles. The Bertz CT molecular complexity index is 241. The Balaban J connectivity index is 2.58. The molecule has 0 spiro atoms. The van der Waals surface area contributed by atoms with E-state index >= 15 is 0 Å². The minimum Gasteiger partial charge on any atom is -0.308 e. The largest absolute Gasteiger partial charge is 0.308 e. The van der Waals surface area contributed by atoms with Crippen LogP contribution in [0.25, 0.3) is 0 Å². The molecular weight excluding hydrogens is 152 g/mol. The first-order valence-corrected chi connectivity index (χ1v) is 4.04. The molecule has 1 atom stereocenters. The normalized spacial score (nSPS) is 13.4. The molecule has 12 heavy (non-hydrogen) atoms. The van der Waals surface area contributed by atoms with Crippen molar-refractivity contribution in [3.05, 3.63) is 18.2 Å². The van der Waals surface area contributed by atoms with Gasteiger partial charge in [0.25, 0.3) is 0 Å². The summed E-state index contributed by atoms with van der Waals surface area (Å²) in [5.41, 5.74) is 3.27. The second-order valence-electron chi connectivity index (χ2n) is 3.11. The van der Waals surface area contributed by atoms with Gasteiger partial charge >= 0.3 is 0 Å². The fourth-order valence-corrected chi connectivity index (χ4v) is 0.831. The number of nitrogens with zero attached hydrogens (tertiary/aromatic N) is 3. The number of imidazole rings is 1. The summed E-state index contributed by atoms with van der Waals surface area (Å²) < 4.78 is 1.92. The van der Waals surface area contributed by atoms with Gasteiger partial charge in [-0.25, -0.2) is 4.98 Å². The Morgan fingerprint density at radius 1 is 1.58 bits per heavy atom. The summed E-state index contributed by atoms with van der Waals surface area (Å²) >= 11 is 0. The van der Waals surface area contributed by atoms with Crippen molar-refractivity contribution in [2.24, 2.45) is 0 Å². The van der Waals surface area contributed by atoms with Crippen molar-refractivity contribution in [3.8, 4) is 0 Å². The molecular formula is C8H16N4. The van der Waals surface area contributed by atoms with Crippen molar-refractivity contribution in [2.45, 2.75) is 20.0 Å². The molecule has 0 aromatic carbocycles. The Hall–Kier alpha value is -1.03. The summed E-state index contributed by atoms with van der Waals surface area (Å²) in [6, 6.07) is 0. The van der Waals surface area contributed by atoms with E-state index in [-0.39, 0.29) is 0 Å². The van der Waals surface area contributed by atoms with Crippen molar-refractivity contribution in [1.29, 1.82) is 0 Å². The maximum absolute atomic E-state index is 4.11. The highest BCUT2D eigenvalue weighted by Crippen LogP contribution is 1.94. The van der Waals surface area contributed by atoms with Crippen molar-refractivity contribution in [2.75, 3.05) is 19.5 Å². The van der Waals surface area contributed by atoms with E-state index in [1.165, 1.54) is 0 Å². The lowest BCUT2D eigenvalue weighted by Crippen LogP contribution is -2.37. The highest BCUT2D eigenvalue weighted by molar-refractivity contribution is 4.93. The van der Waals surface area contributed by atoms with E-state index in [9.17, 15) is 0 Å². The topological polar surface area (TPSA) is 33.1 Å². The van der Waals surface area contributed by atoms with Crippen LogP contribution in [0.3, 0.4) is 0 Å². The molecule has 1 unspecified atom stereocenters. The number of rotatable bonds is 3. The quantitative estimate of drug-likeness (QED) is 0.672. The number of aryl methyl sites for hydroxylation is 1. The van der Waals surface area contributed by atoms with Crippen molar-refractivity contribution >= 4 is 0 Å². The molecule has 0 aliphatic rings. The Labute approximate surface area is 73.2 Å². The minimum absolute atomic E-state index is 0.304. The standard InChI is InChI=1S/C8H16N4/c1-7-9-5-6-12(7)10-8(2)11(3)4/h5-6,8,10H,1-4H3. The van der Waals surface area contributed by atoms with E-state index in [4.69, 9.17) is 0 Å². The molecule has 0 bridgehead atoms. The highest BCUT2D eigenvalue weighted by Gasteiger charge is 2.03. The van der Waals surface area contributed by atoms with E-state index in [2.05, 4.69) is 22.2 Å². The molecule has 0 aliphatic carbocycles. The first-order valence-electron chi connectivity index (χ1n) is 4.04. The second-order valence-corrected chi connectivity index (χ2v) is 3.11. The number of aromatic nitrogens is 2. The van der Waals surface area contributed by atoms with E-state index in [0.29, 0.717) is 6.17 Å². The Kier molecular flexibility index (Phi) is 2.70. The van der Waals surface area contributed by atoms with Crippen LogP contribution in [0.2, 0.25) is 0 Å². The van der Waals surface area contributed by atoms with Gasteiger partial charge in [0.2, 0.25) is 0 Å². The van der Waals surface area contributed by atoms with Gasteiger partial charge in [-0.3, -0.25) is 9.58 Å². The fourth-order valence-electron chi connectivity index (χ4n) is 0.831. The van der Waals surface area contributed by atoms with Crippen LogP contribution in [-0.2, 0) is 0 Å². The SMILES string of the molecule is Cc1nccn1NC(C)N(C)C. The maximum atomic E-state index is 4.11. The van der Waals surface area contributed by atoms with Crippen molar-refractivity contribution < 1.29 is 0 Å². The Morgan fingerprint density at radius 3 is 2.67 bits per heavy atom. The van der Waals surface area contributed by atoms with Crippen LogP contribution in [-0.4, -0.2) is 34.8 Å². The maximum Gasteiger partial charge on any atom is 0.124 e. The predicted octanol–water partition coefficient (Wildman–Crippen LogP) is 0.643. The average molecular weight is 168 g/mol.